The Hall–Kier alpha value is 0.360. The molecule has 0 aliphatic rings. The molecule has 7 heteroatoms. The first-order valence-electron chi connectivity index (χ1n) is 3.03. The molecular formula is C7H2Cl3NaO3. The molecule has 0 spiro atoms. The zero-order valence-electron chi connectivity index (χ0n) is 6.97. The average molecular weight is 263 g/mol. The predicted octanol–water partition coefficient (Wildman–Crippen LogP) is -1.28. The number of carbonyl (C=O) groups is 1. The molecule has 0 saturated heterocycles. The van der Waals surface area contributed by atoms with Gasteiger partial charge >= 0.3 is 29.6 Å². The van der Waals surface area contributed by atoms with Gasteiger partial charge in [-0.3, -0.25) is 0 Å². The fourth-order valence-electron chi connectivity index (χ4n) is 0.772. The Morgan fingerprint density at radius 1 is 1.29 bits per heavy atom. The summed E-state index contributed by atoms with van der Waals surface area (Å²) in [5, 5.41) is 19.1. The smallest absolute Gasteiger partial charge is 0.545 e. The van der Waals surface area contributed by atoms with E-state index in [1.807, 2.05) is 0 Å². The number of halogens is 3. The van der Waals surface area contributed by atoms with Crippen LogP contribution in [0.2, 0.25) is 15.1 Å². The molecule has 14 heavy (non-hydrogen) atoms. The number of rotatable bonds is 1. The van der Waals surface area contributed by atoms with E-state index < -0.39 is 17.3 Å². The fourth-order valence-corrected chi connectivity index (χ4v) is 1.46. The van der Waals surface area contributed by atoms with Gasteiger partial charge in [-0.05, 0) is 6.07 Å². The molecule has 0 amide bonds. The van der Waals surface area contributed by atoms with Crippen LogP contribution in [0.3, 0.4) is 0 Å². The Bertz CT molecular complexity index is 355. The third-order valence-corrected chi connectivity index (χ3v) is 2.43. The fraction of sp³-hybridized carbons (Fsp3) is 0. The summed E-state index contributed by atoms with van der Waals surface area (Å²) in [6.07, 6.45) is 0. The largest absolute Gasteiger partial charge is 1.00 e. The van der Waals surface area contributed by atoms with Crippen molar-refractivity contribution in [2.24, 2.45) is 0 Å². The standard InChI is InChI=1S/C7H3Cl3O3.Na/c8-2-1-3(9)6(11)4(5(2)10)7(12)13;/h1,11H,(H,12,13);/q;+1/p-1. The Morgan fingerprint density at radius 3 is 2.21 bits per heavy atom. The molecule has 0 bridgehead atoms. The molecule has 0 atom stereocenters. The first kappa shape index (κ1) is 14.4. The van der Waals surface area contributed by atoms with Gasteiger partial charge in [-0.25, -0.2) is 0 Å². The van der Waals surface area contributed by atoms with Gasteiger partial charge in [0, 0.05) is 0 Å². The second-order valence-electron chi connectivity index (χ2n) is 2.17. The molecule has 0 aromatic heterocycles. The van der Waals surface area contributed by atoms with Crippen LogP contribution < -0.4 is 34.7 Å². The van der Waals surface area contributed by atoms with Gasteiger partial charge in [0.1, 0.15) is 5.75 Å². The van der Waals surface area contributed by atoms with Crippen molar-refractivity contribution in [3.8, 4) is 5.75 Å². The van der Waals surface area contributed by atoms with Gasteiger partial charge in [0.15, 0.2) is 0 Å². The van der Waals surface area contributed by atoms with Crippen molar-refractivity contribution in [2.45, 2.75) is 0 Å². The molecule has 0 aliphatic heterocycles. The minimum absolute atomic E-state index is 0. The second-order valence-corrected chi connectivity index (χ2v) is 3.36. The maximum absolute atomic E-state index is 10.5. The number of phenols is 1. The van der Waals surface area contributed by atoms with Gasteiger partial charge in [0.05, 0.1) is 26.6 Å². The third kappa shape index (κ3) is 2.69. The van der Waals surface area contributed by atoms with Crippen molar-refractivity contribution < 1.29 is 44.6 Å². The van der Waals surface area contributed by atoms with Crippen LogP contribution in [-0.2, 0) is 0 Å². The number of aromatic carboxylic acids is 1. The van der Waals surface area contributed by atoms with E-state index >= 15 is 0 Å². The molecule has 0 unspecified atom stereocenters. The molecule has 1 N–H and O–H groups in total. The summed E-state index contributed by atoms with van der Waals surface area (Å²) < 4.78 is 0. The molecule has 70 valence electrons. The van der Waals surface area contributed by atoms with Gasteiger partial charge < -0.3 is 15.0 Å². The van der Waals surface area contributed by atoms with E-state index in [2.05, 4.69) is 0 Å². The van der Waals surface area contributed by atoms with Crippen LogP contribution >= 0.6 is 34.8 Å². The number of hydrogen-bond donors (Lipinski definition) is 1. The molecule has 1 rings (SSSR count). The van der Waals surface area contributed by atoms with Gasteiger partial charge in [-0.2, -0.15) is 0 Å². The summed E-state index contributed by atoms with van der Waals surface area (Å²) >= 11 is 16.5. The first-order valence-corrected chi connectivity index (χ1v) is 4.16. The number of hydrogen-bond acceptors (Lipinski definition) is 3. The van der Waals surface area contributed by atoms with E-state index in [0.717, 1.165) is 6.07 Å². The Morgan fingerprint density at radius 2 is 1.79 bits per heavy atom. The van der Waals surface area contributed by atoms with E-state index in [4.69, 9.17) is 34.8 Å². The van der Waals surface area contributed by atoms with Crippen molar-refractivity contribution in [2.75, 3.05) is 0 Å². The summed E-state index contributed by atoms with van der Waals surface area (Å²) in [5.74, 6) is -2.28. The maximum Gasteiger partial charge on any atom is 1.00 e. The van der Waals surface area contributed by atoms with E-state index in [9.17, 15) is 15.0 Å². The van der Waals surface area contributed by atoms with Gasteiger partial charge in [-0.15, -0.1) is 0 Å². The van der Waals surface area contributed by atoms with Crippen LogP contribution in [0.25, 0.3) is 0 Å². The molecule has 0 fully saturated rings. The first-order chi connectivity index (χ1) is 5.95. The zero-order valence-corrected chi connectivity index (χ0v) is 11.2. The Kier molecular flexibility index (Phi) is 5.59. The van der Waals surface area contributed by atoms with E-state index in [1.165, 1.54) is 0 Å². The number of benzene rings is 1. The minimum atomic E-state index is -1.63. The molecule has 3 nitrogen and oxygen atoms in total. The Balaban J connectivity index is 0.00000169. The summed E-state index contributed by atoms with van der Waals surface area (Å²) in [4.78, 5) is 10.5. The summed E-state index contributed by atoms with van der Waals surface area (Å²) in [5.41, 5.74) is -0.598. The predicted molar refractivity (Wildman–Crippen MR) is 47.5 cm³/mol. The average Bonchev–Trinajstić information content (AvgIpc) is 2.01. The maximum atomic E-state index is 10.5. The van der Waals surface area contributed by atoms with E-state index in [1.54, 1.807) is 0 Å². The molecule has 0 heterocycles. The SMILES string of the molecule is O=C([O-])c1c(O)c(Cl)cc(Cl)c1Cl.[Na+]. The van der Waals surface area contributed by atoms with Gasteiger partial charge in [-0.1, -0.05) is 34.8 Å². The zero-order chi connectivity index (χ0) is 10.2. The normalized spacial score (nSPS) is 9.36. The molecule has 0 saturated carbocycles. The van der Waals surface area contributed by atoms with Gasteiger partial charge in [0.2, 0.25) is 0 Å². The van der Waals surface area contributed by atoms with Crippen LogP contribution in [0.4, 0.5) is 0 Å². The summed E-state index contributed by atoms with van der Waals surface area (Å²) in [6, 6.07) is 1.15. The summed E-state index contributed by atoms with van der Waals surface area (Å²) in [7, 11) is 0. The van der Waals surface area contributed by atoms with Crippen molar-refractivity contribution in [1.29, 1.82) is 0 Å². The van der Waals surface area contributed by atoms with E-state index in [0.29, 0.717) is 0 Å². The van der Waals surface area contributed by atoms with Crippen molar-refractivity contribution in [3.63, 3.8) is 0 Å². The Labute approximate surface area is 117 Å². The quantitative estimate of drug-likeness (QED) is 0.507. The van der Waals surface area contributed by atoms with Crippen LogP contribution in [0, 0.1) is 0 Å². The number of carboxylic acids is 1. The van der Waals surface area contributed by atoms with Crippen LogP contribution in [0.15, 0.2) is 6.07 Å². The van der Waals surface area contributed by atoms with Gasteiger partial charge in [0.25, 0.3) is 0 Å². The number of carboxylic acid groups (broad SMARTS) is 1. The van der Waals surface area contributed by atoms with Crippen molar-refractivity contribution in [3.05, 3.63) is 26.7 Å². The molecule has 0 radical (unpaired) electrons. The third-order valence-electron chi connectivity index (χ3n) is 1.35. The molecule has 0 aliphatic carbocycles. The minimum Gasteiger partial charge on any atom is -0.545 e. The van der Waals surface area contributed by atoms with Crippen LogP contribution in [0.5, 0.6) is 5.75 Å². The van der Waals surface area contributed by atoms with Crippen LogP contribution in [0.1, 0.15) is 10.4 Å². The summed E-state index contributed by atoms with van der Waals surface area (Å²) in [6.45, 7) is 0. The van der Waals surface area contributed by atoms with Crippen LogP contribution in [-0.4, -0.2) is 11.1 Å². The van der Waals surface area contributed by atoms with Crippen molar-refractivity contribution >= 4 is 40.8 Å². The number of aromatic hydroxyl groups is 1. The second kappa shape index (κ2) is 5.45. The molecule has 1 aromatic carbocycles. The molecular weight excluding hydrogens is 261 g/mol. The monoisotopic (exact) mass is 262 g/mol. The topological polar surface area (TPSA) is 60.4 Å². The number of carbonyl (C=O) groups excluding carboxylic acids is 1. The molecule has 1 aromatic rings. The van der Waals surface area contributed by atoms with E-state index in [-0.39, 0.29) is 44.6 Å². The van der Waals surface area contributed by atoms with Crippen molar-refractivity contribution in [1.82, 2.24) is 0 Å².